The van der Waals surface area contributed by atoms with E-state index in [1.165, 1.54) is 6.07 Å². The van der Waals surface area contributed by atoms with Crippen LogP contribution in [0, 0.1) is 12.7 Å². The summed E-state index contributed by atoms with van der Waals surface area (Å²) < 4.78 is 15.1. The molecular weight excluding hydrogens is 331 g/mol. The van der Waals surface area contributed by atoms with Crippen molar-refractivity contribution in [2.45, 2.75) is 19.5 Å². The fourth-order valence-corrected chi connectivity index (χ4v) is 2.88. The molecule has 2 aromatic carbocycles. The second kappa shape index (κ2) is 7.16. The summed E-state index contributed by atoms with van der Waals surface area (Å²) in [5.41, 5.74) is 8.76. The second-order valence-electron chi connectivity index (χ2n) is 5.28. The van der Waals surface area contributed by atoms with Crippen LogP contribution in [0.4, 0.5) is 4.39 Å². The third-order valence-corrected chi connectivity index (χ3v) is 4.42. The zero-order valence-electron chi connectivity index (χ0n) is 12.3. The van der Waals surface area contributed by atoms with Gasteiger partial charge in [0.2, 0.25) is 0 Å². The number of hydrogen-bond donors (Lipinski definition) is 1. The highest BCUT2D eigenvalue weighted by Gasteiger charge is 2.20. The normalized spacial score (nSPS) is 12.7. The lowest BCUT2D eigenvalue weighted by Gasteiger charge is -2.28. The standard InChI is InChI=1S/C17H20BrFN2/c1-12-7-8-16(19)14(9-12)17(10-20)21(2)11-13-5-3-4-6-15(13)18/h3-9,17H,10-11,20H2,1-2H3. The highest BCUT2D eigenvalue weighted by atomic mass is 79.9. The molecule has 0 saturated heterocycles. The highest BCUT2D eigenvalue weighted by molar-refractivity contribution is 9.10. The van der Waals surface area contributed by atoms with Gasteiger partial charge in [-0.15, -0.1) is 0 Å². The maximum atomic E-state index is 14.1. The molecule has 0 bridgehead atoms. The van der Waals surface area contributed by atoms with E-state index in [1.54, 1.807) is 6.07 Å². The summed E-state index contributed by atoms with van der Waals surface area (Å²) in [5.74, 6) is -0.199. The summed E-state index contributed by atoms with van der Waals surface area (Å²) in [6.45, 7) is 3.04. The molecule has 0 radical (unpaired) electrons. The van der Waals surface area contributed by atoms with Gasteiger partial charge in [0.25, 0.3) is 0 Å². The quantitative estimate of drug-likeness (QED) is 0.881. The fourth-order valence-electron chi connectivity index (χ4n) is 2.47. The van der Waals surface area contributed by atoms with Crippen molar-refractivity contribution in [3.8, 4) is 0 Å². The largest absolute Gasteiger partial charge is 0.329 e. The van der Waals surface area contributed by atoms with E-state index in [-0.39, 0.29) is 11.9 Å². The van der Waals surface area contributed by atoms with E-state index in [1.807, 2.05) is 38.2 Å². The average Bonchev–Trinajstić information content (AvgIpc) is 2.46. The third kappa shape index (κ3) is 3.90. The van der Waals surface area contributed by atoms with Crippen molar-refractivity contribution < 1.29 is 4.39 Å². The molecule has 21 heavy (non-hydrogen) atoms. The predicted octanol–water partition coefficient (Wildman–Crippen LogP) is 4.03. The summed E-state index contributed by atoms with van der Waals surface area (Å²) in [5, 5.41) is 0. The molecule has 0 aromatic heterocycles. The molecule has 1 atom stereocenters. The number of halogens is 2. The molecule has 0 heterocycles. The number of nitrogens with two attached hydrogens (primary N) is 1. The van der Waals surface area contributed by atoms with E-state index in [4.69, 9.17) is 5.73 Å². The lowest BCUT2D eigenvalue weighted by Crippen LogP contribution is -2.31. The monoisotopic (exact) mass is 350 g/mol. The minimum atomic E-state index is -0.199. The Morgan fingerprint density at radius 1 is 1.24 bits per heavy atom. The SMILES string of the molecule is Cc1ccc(F)c(C(CN)N(C)Cc2ccccc2Br)c1. The Kier molecular flexibility index (Phi) is 5.51. The lowest BCUT2D eigenvalue weighted by atomic mass is 10.0. The number of rotatable bonds is 5. The minimum absolute atomic E-state index is 0.142. The number of nitrogens with zero attached hydrogens (tertiary/aromatic N) is 1. The van der Waals surface area contributed by atoms with Crippen molar-refractivity contribution in [1.29, 1.82) is 0 Å². The summed E-state index contributed by atoms with van der Waals surface area (Å²) in [6.07, 6.45) is 0. The van der Waals surface area contributed by atoms with Crippen molar-refractivity contribution in [2.24, 2.45) is 5.73 Å². The molecule has 4 heteroatoms. The summed E-state index contributed by atoms with van der Waals surface area (Å²) in [7, 11) is 1.97. The van der Waals surface area contributed by atoms with Crippen LogP contribution in [0.15, 0.2) is 46.9 Å². The van der Waals surface area contributed by atoms with Crippen LogP contribution in [0.5, 0.6) is 0 Å². The molecular formula is C17H20BrFN2. The Morgan fingerprint density at radius 2 is 1.95 bits per heavy atom. The first-order valence-corrected chi connectivity index (χ1v) is 7.72. The zero-order chi connectivity index (χ0) is 15.4. The van der Waals surface area contributed by atoms with E-state index in [2.05, 4.69) is 26.9 Å². The first-order chi connectivity index (χ1) is 10.0. The van der Waals surface area contributed by atoms with Crippen LogP contribution >= 0.6 is 15.9 Å². The number of aryl methyl sites for hydroxylation is 1. The van der Waals surface area contributed by atoms with Gasteiger partial charge in [0.15, 0.2) is 0 Å². The topological polar surface area (TPSA) is 29.3 Å². The molecule has 2 N–H and O–H groups in total. The van der Waals surface area contributed by atoms with E-state index in [0.29, 0.717) is 18.7 Å². The molecule has 2 aromatic rings. The van der Waals surface area contributed by atoms with Gasteiger partial charge in [-0.05, 0) is 31.7 Å². The molecule has 112 valence electrons. The summed E-state index contributed by atoms with van der Waals surface area (Å²) in [4.78, 5) is 2.08. The molecule has 2 nitrogen and oxygen atoms in total. The van der Waals surface area contributed by atoms with E-state index >= 15 is 0 Å². The molecule has 0 saturated carbocycles. The van der Waals surface area contributed by atoms with Crippen molar-refractivity contribution in [1.82, 2.24) is 4.90 Å². The van der Waals surface area contributed by atoms with E-state index in [9.17, 15) is 4.39 Å². The van der Waals surface area contributed by atoms with Gasteiger partial charge < -0.3 is 5.73 Å². The van der Waals surface area contributed by atoms with Gasteiger partial charge >= 0.3 is 0 Å². The van der Waals surface area contributed by atoms with Gasteiger partial charge in [0, 0.05) is 29.2 Å². The Balaban J connectivity index is 2.25. The smallest absolute Gasteiger partial charge is 0.128 e. The number of hydrogen-bond acceptors (Lipinski definition) is 2. The fraction of sp³-hybridized carbons (Fsp3) is 0.294. The first kappa shape index (κ1) is 16.1. The van der Waals surface area contributed by atoms with E-state index < -0.39 is 0 Å². The van der Waals surface area contributed by atoms with Gasteiger partial charge in [0.1, 0.15) is 5.82 Å². The maximum absolute atomic E-state index is 14.1. The van der Waals surface area contributed by atoms with Gasteiger partial charge in [0.05, 0.1) is 0 Å². The first-order valence-electron chi connectivity index (χ1n) is 6.92. The molecule has 0 aliphatic carbocycles. The van der Waals surface area contributed by atoms with Crippen LogP contribution in [-0.4, -0.2) is 18.5 Å². The Labute approximate surface area is 133 Å². The van der Waals surface area contributed by atoms with Crippen molar-refractivity contribution in [3.05, 3.63) is 69.4 Å². The van der Waals surface area contributed by atoms with Crippen LogP contribution in [0.25, 0.3) is 0 Å². The maximum Gasteiger partial charge on any atom is 0.128 e. The molecule has 0 aliphatic rings. The second-order valence-corrected chi connectivity index (χ2v) is 6.14. The Bertz CT molecular complexity index is 615. The lowest BCUT2D eigenvalue weighted by molar-refractivity contribution is 0.236. The van der Waals surface area contributed by atoms with Crippen LogP contribution < -0.4 is 5.73 Å². The average molecular weight is 351 g/mol. The highest BCUT2D eigenvalue weighted by Crippen LogP contribution is 2.26. The van der Waals surface area contributed by atoms with Gasteiger partial charge in [-0.25, -0.2) is 4.39 Å². The summed E-state index contributed by atoms with van der Waals surface area (Å²) in [6, 6.07) is 13.1. The van der Waals surface area contributed by atoms with Crippen molar-refractivity contribution in [3.63, 3.8) is 0 Å². The van der Waals surface area contributed by atoms with Crippen LogP contribution in [0.3, 0.4) is 0 Å². The van der Waals surface area contributed by atoms with E-state index in [0.717, 1.165) is 15.6 Å². The molecule has 0 spiro atoms. The third-order valence-electron chi connectivity index (χ3n) is 3.64. The van der Waals surface area contributed by atoms with Gasteiger partial charge in [-0.3, -0.25) is 4.90 Å². The molecule has 0 fully saturated rings. The van der Waals surface area contributed by atoms with Crippen LogP contribution in [0.1, 0.15) is 22.7 Å². The van der Waals surface area contributed by atoms with Gasteiger partial charge in [-0.2, -0.15) is 0 Å². The molecule has 0 amide bonds. The van der Waals surface area contributed by atoms with Crippen molar-refractivity contribution in [2.75, 3.05) is 13.6 Å². The molecule has 2 rings (SSSR count). The predicted molar refractivity (Wildman–Crippen MR) is 88.5 cm³/mol. The Morgan fingerprint density at radius 3 is 2.62 bits per heavy atom. The molecule has 0 aliphatic heterocycles. The van der Waals surface area contributed by atoms with Crippen molar-refractivity contribution >= 4 is 15.9 Å². The van der Waals surface area contributed by atoms with Crippen LogP contribution in [-0.2, 0) is 6.54 Å². The zero-order valence-corrected chi connectivity index (χ0v) is 13.9. The number of benzene rings is 2. The molecule has 1 unspecified atom stereocenters. The number of likely N-dealkylation sites (N-methyl/N-ethyl adjacent to an activating group) is 1. The Hall–Kier alpha value is -1.23. The van der Waals surface area contributed by atoms with Crippen LogP contribution in [0.2, 0.25) is 0 Å². The summed E-state index contributed by atoms with van der Waals surface area (Å²) >= 11 is 3.55. The van der Waals surface area contributed by atoms with Gasteiger partial charge in [-0.1, -0.05) is 51.8 Å². The minimum Gasteiger partial charge on any atom is -0.329 e.